The van der Waals surface area contributed by atoms with Crippen molar-refractivity contribution in [3.63, 3.8) is 0 Å². The third kappa shape index (κ3) is 2.30. The second-order valence-corrected chi connectivity index (χ2v) is 4.18. The molecule has 1 aromatic carbocycles. The van der Waals surface area contributed by atoms with E-state index in [4.69, 9.17) is 5.11 Å². The molecule has 1 aliphatic carbocycles. The minimum absolute atomic E-state index is 0.255. The molecule has 1 aliphatic rings. The molecule has 0 bridgehead atoms. The maximum absolute atomic E-state index is 13.1. The van der Waals surface area contributed by atoms with E-state index in [1.54, 1.807) is 19.1 Å². The molecule has 0 spiro atoms. The number of hydrogen-bond acceptors (Lipinski definition) is 1. The zero-order valence-corrected chi connectivity index (χ0v) is 9.03. The molecule has 0 radical (unpaired) electrons. The lowest BCUT2D eigenvalue weighted by Crippen LogP contribution is -1.95. The maximum Gasteiger partial charge on any atom is 0.328 e. The zero-order chi connectivity index (χ0) is 11.7. The third-order valence-electron chi connectivity index (χ3n) is 2.79. The molecule has 84 valence electrons. The van der Waals surface area contributed by atoms with E-state index in [1.165, 1.54) is 12.1 Å². The summed E-state index contributed by atoms with van der Waals surface area (Å²) in [6.45, 7) is 1.68. The number of rotatable bonds is 3. The summed E-state index contributed by atoms with van der Waals surface area (Å²) in [5.74, 6) is -0.862. The van der Waals surface area contributed by atoms with Gasteiger partial charge < -0.3 is 5.11 Å². The molecule has 3 heteroatoms. The number of carboxylic acid groups (broad SMARTS) is 1. The van der Waals surface area contributed by atoms with Crippen molar-refractivity contribution in [2.24, 2.45) is 5.92 Å². The largest absolute Gasteiger partial charge is 0.478 e. The monoisotopic (exact) mass is 220 g/mol. The average Bonchev–Trinajstić information content (AvgIpc) is 3.02. The number of halogens is 1. The third-order valence-corrected chi connectivity index (χ3v) is 2.79. The average molecular weight is 220 g/mol. The minimum Gasteiger partial charge on any atom is -0.478 e. The van der Waals surface area contributed by atoms with Gasteiger partial charge in [0, 0.05) is 6.08 Å². The standard InChI is InChI=1S/C13H13FO2/c1-8-6-10(4-5-12(8)14)11(7-13(15)16)9-2-3-9/h4-7,9H,2-3H2,1H3,(H,15,16)/b11-7+. The Morgan fingerprint density at radius 3 is 2.69 bits per heavy atom. The Morgan fingerprint density at radius 1 is 1.50 bits per heavy atom. The van der Waals surface area contributed by atoms with E-state index in [1.807, 2.05) is 0 Å². The Balaban J connectivity index is 2.39. The van der Waals surface area contributed by atoms with Gasteiger partial charge in [0.1, 0.15) is 5.82 Å². The molecule has 2 nitrogen and oxygen atoms in total. The first-order valence-electron chi connectivity index (χ1n) is 5.29. The molecule has 0 amide bonds. The summed E-state index contributed by atoms with van der Waals surface area (Å²) in [5.41, 5.74) is 2.19. The Bertz CT molecular complexity index is 459. The van der Waals surface area contributed by atoms with Gasteiger partial charge in [-0.25, -0.2) is 9.18 Å². The van der Waals surface area contributed by atoms with Gasteiger partial charge in [-0.15, -0.1) is 0 Å². The number of benzene rings is 1. The first-order valence-corrected chi connectivity index (χ1v) is 5.29. The molecule has 0 atom stereocenters. The summed E-state index contributed by atoms with van der Waals surface area (Å²) in [6, 6.07) is 4.75. The van der Waals surface area contributed by atoms with Crippen LogP contribution in [0.15, 0.2) is 24.3 Å². The lowest BCUT2D eigenvalue weighted by Gasteiger charge is -2.07. The van der Waals surface area contributed by atoms with E-state index in [-0.39, 0.29) is 5.82 Å². The van der Waals surface area contributed by atoms with Crippen molar-refractivity contribution in [3.8, 4) is 0 Å². The van der Waals surface area contributed by atoms with Crippen molar-refractivity contribution in [3.05, 3.63) is 41.2 Å². The van der Waals surface area contributed by atoms with E-state index in [9.17, 15) is 9.18 Å². The smallest absolute Gasteiger partial charge is 0.328 e. The van der Waals surface area contributed by atoms with Crippen LogP contribution in [-0.4, -0.2) is 11.1 Å². The normalized spacial score (nSPS) is 16.2. The van der Waals surface area contributed by atoms with Gasteiger partial charge in [-0.3, -0.25) is 0 Å². The quantitative estimate of drug-likeness (QED) is 0.795. The summed E-state index contributed by atoms with van der Waals surface area (Å²) in [6.07, 6.45) is 3.29. The van der Waals surface area contributed by atoms with Gasteiger partial charge in [0.2, 0.25) is 0 Å². The molecule has 1 N–H and O–H groups in total. The Labute approximate surface area is 93.4 Å². The highest BCUT2D eigenvalue weighted by Gasteiger charge is 2.27. The fraction of sp³-hybridized carbons (Fsp3) is 0.308. The predicted molar refractivity (Wildman–Crippen MR) is 59.5 cm³/mol. The van der Waals surface area contributed by atoms with Crippen LogP contribution < -0.4 is 0 Å². The fourth-order valence-electron chi connectivity index (χ4n) is 1.79. The van der Waals surface area contributed by atoms with E-state index in [0.29, 0.717) is 11.5 Å². The fourth-order valence-corrected chi connectivity index (χ4v) is 1.79. The number of carbonyl (C=O) groups is 1. The summed E-state index contributed by atoms with van der Waals surface area (Å²) >= 11 is 0. The molecule has 0 aliphatic heterocycles. The predicted octanol–water partition coefficient (Wildman–Crippen LogP) is 3.01. The van der Waals surface area contributed by atoms with Gasteiger partial charge in [0.25, 0.3) is 0 Å². The van der Waals surface area contributed by atoms with Crippen LogP contribution in [-0.2, 0) is 4.79 Å². The molecule has 0 heterocycles. The van der Waals surface area contributed by atoms with Crippen molar-refractivity contribution >= 4 is 11.5 Å². The van der Waals surface area contributed by atoms with Crippen LogP contribution >= 0.6 is 0 Å². The summed E-state index contributed by atoms with van der Waals surface area (Å²) in [4.78, 5) is 10.7. The lowest BCUT2D eigenvalue weighted by atomic mass is 9.99. The van der Waals surface area contributed by atoms with Crippen molar-refractivity contribution in [1.29, 1.82) is 0 Å². The molecular formula is C13H13FO2. The highest BCUT2D eigenvalue weighted by Crippen LogP contribution is 2.42. The van der Waals surface area contributed by atoms with Crippen LogP contribution in [0.2, 0.25) is 0 Å². The van der Waals surface area contributed by atoms with Crippen molar-refractivity contribution in [1.82, 2.24) is 0 Å². The highest BCUT2D eigenvalue weighted by molar-refractivity contribution is 5.91. The van der Waals surface area contributed by atoms with Gasteiger partial charge >= 0.3 is 5.97 Å². The number of hydrogen-bond donors (Lipinski definition) is 1. The molecule has 2 rings (SSSR count). The van der Waals surface area contributed by atoms with Gasteiger partial charge in [0.15, 0.2) is 0 Å². The topological polar surface area (TPSA) is 37.3 Å². The van der Waals surface area contributed by atoms with Crippen LogP contribution in [0.1, 0.15) is 24.0 Å². The summed E-state index contributed by atoms with van der Waals surface area (Å²) in [7, 11) is 0. The molecule has 0 saturated heterocycles. The van der Waals surface area contributed by atoms with E-state index < -0.39 is 5.97 Å². The lowest BCUT2D eigenvalue weighted by molar-refractivity contribution is -0.131. The minimum atomic E-state index is -0.941. The second-order valence-electron chi connectivity index (χ2n) is 4.18. The number of aryl methyl sites for hydroxylation is 1. The van der Waals surface area contributed by atoms with Crippen LogP contribution in [0, 0.1) is 18.7 Å². The maximum atomic E-state index is 13.1. The number of aliphatic carboxylic acids is 1. The highest BCUT2D eigenvalue weighted by atomic mass is 19.1. The van der Waals surface area contributed by atoms with Crippen molar-refractivity contribution < 1.29 is 14.3 Å². The number of allylic oxidation sites excluding steroid dienone is 1. The summed E-state index contributed by atoms with van der Waals surface area (Å²) < 4.78 is 13.1. The second kappa shape index (κ2) is 4.08. The summed E-state index contributed by atoms with van der Waals surface area (Å²) in [5, 5.41) is 8.80. The molecule has 0 unspecified atom stereocenters. The Morgan fingerprint density at radius 2 is 2.19 bits per heavy atom. The SMILES string of the molecule is Cc1cc(/C(=C/C(=O)O)C2CC2)ccc1F. The number of carboxylic acids is 1. The van der Waals surface area contributed by atoms with Gasteiger partial charge in [0.05, 0.1) is 0 Å². The van der Waals surface area contributed by atoms with Crippen molar-refractivity contribution in [2.75, 3.05) is 0 Å². The molecule has 0 aromatic heterocycles. The molecule has 16 heavy (non-hydrogen) atoms. The van der Waals surface area contributed by atoms with E-state index in [2.05, 4.69) is 0 Å². The van der Waals surface area contributed by atoms with Gasteiger partial charge in [-0.1, -0.05) is 6.07 Å². The van der Waals surface area contributed by atoms with Crippen molar-refractivity contribution in [2.45, 2.75) is 19.8 Å². The van der Waals surface area contributed by atoms with E-state index >= 15 is 0 Å². The zero-order valence-electron chi connectivity index (χ0n) is 9.03. The van der Waals surface area contributed by atoms with Crippen LogP contribution in [0.3, 0.4) is 0 Å². The Kier molecular flexibility index (Phi) is 2.77. The first-order chi connectivity index (χ1) is 7.58. The first kappa shape index (κ1) is 10.9. The molecule has 1 saturated carbocycles. The van der Waals surface area contributed by atoms with Crippen LogP contribution in [0.5, 0.6) is 0 Å². The van der Waals surface area contributed by atoms with Crippen LogP contribution in [0.4, 0.5) is 4.39 Å². The van der Waals surface area contributed by atoms with Crippen LogP contribution in [0.25, 0.3) is 5.57 Å². The van der Waals surface area contributed by atoms with Gasteiger partial charge in [-0.05, 0) is 54.5 Å². The van der Waals surface area contributed by atoms with E-state index in [0.717, 1.165) is 24.0 Å². The van der Waals surface area contributed by atoms with Gasteiger partial charge in [-0.2, -0.15) is 0 Å². The molecule has 1 aromatic rings. The molecule has 1 fully saturated rings. The molecular weight excluding hydrogens is 207 g/mol. The Hall–Kier alpha value is -1.64.